The first-order valence-corrected chi connectivity index (χ1v) is 5.72. The van der Waals surface area contributed by atoms with Crippen molar-refractivity contribution in [3.8, 4) is 5.75 Å². The smallest absolute Gasteiger partial charge is 0.119 e. The van der Waals surface area contributed by atoms with Gasteiger partial charge in [0.15, 0.2) is 0 Å². The molecule has 3 nitrogen and oxygen atoms in total. The van der Waals surface area contributed by atoms with Gasteiger partial charge in [-0.3, -0.25) is 0 Å². The molecule has 1 aromatic rings. The number of nitrogens with two attached hydrogens (primary N) is 1. The third-order valence-corrected chi connectivity index (χ3v) is 3.50. The molecule has 2 unspecified atom stereocenters. The van der Waals surface area contributed by atoms with Gasteiger partial charge in [0.25, 0.3) is 0 Å². The molecule has 88 valence electrons. The van der Waals surface area contributed by atoms with E-state index in [-0.39, 0.29) is 6.04 Å². The van der Waals surface area contributed by atoms with Gasteiger partial charge in [0, 0.05) is 12.1 Å². The number of nitrogens with zero attached hydrogens (tertiary/aromatic N) is 1. The lowest BCUT2D eigenvalue weighted by atomic mass is 9.84. The molecule has 0 saturated carbocycles. The molecule has 0 amide bonds. The van der Waals surface area contributed by atoms with Crippen LogP contribution in [-0.4, -0.2) is 32.1 Å². The Morgan fingerprint density at radius 1 is 1.38 bits per heavy atom. The highest BCUT2D eigenvalue weighted by atomic mass is 16.5. The van der Waals surface area contributed by atoms with Gasteiger partial charge >= 0.3 is 0 Å². The fourth-order valence-corrected chi connectivity index (χ4v) is 2.51. The van der Waals surface area contributed by atoms with Gasteiger partial charge < -0.3 is 15.4 Å². The second kappa shape index (κ2) is 4.44. The summed E-state index contributed by atoms with van der Waals surface area (Å²) >= 11 is 0. The van der Waals surface area contributed by atoms with E-state index in [0.29, 0.717) is 6.04 Å². The molecule has 0 bridgehead atoms. The topological polar surface area (TPSA) is 38.5 Å². The molecule has 0 fully saturated rings. The number of hydrogen-bond acceptors (Lipinski definition) is 3. The largest absolute Gasteiger partial charge is 0.497 e. The number of benzene rings is 1. The van der Waals surface area contributed by atoms with Gasteiger partial charge in [-0.2, -0.15) is 0 Å². The van der Waals surface area contributed by atoms with Crippen LogP contribution in [0.2, 0.25) is 0 Å². The molecular weight excluding hydrogens is 200 g/mol. The lowest BCUT2D eigenvalue weighted by Crippen LogP contribution is -2.41. The van der Waals surface area contributed by atoms with Crippen LogP contribution in [0.5, 0.6) is 5.75 Å². The number of fused-ring (bicyclic) bond motifs is 1. The van der Waals surface area contributed by atoms with Crippen molar-refractivity contribution in [2.45, 2.75) is 24.9 Å². The van der Waals surface area contributed by atoms with Crippen LogP contribution in [0.15, 0.2) is 18.2 Å². The first-order chi connectivity index (χ1) is 7.63. The Balaban J connectivity index is 2.34. The van der Waals surface area contributed by atoms with E-state index in [1.54, 1.807) is 7.11 Å². The van der Waals surface area contributed by atoms with E-state index in [0.717, 1.165) is 18.6 Å². The molecule has 3 heteroatoms. The van der Waals surface area contributed by atoms with Gasteiger partial charge in [-0.1, -0.05) is 6.07 Å². The van der Waals surface area contributed by atoms with E-state index < -0.39 is 0 Å². The molecule has 0 aromatic heterocycles. The van der Waals surface area contributed by atoms with Gasteiger partial charge in [0.05, 0.1) is 7.11 Å². The lowest BCUT2D eigenvalue weighted by molar-refractivity contribution is 0.230. The summed E-state index contributed by atoms with van der Waals surface area (Å²) in [6, 6.07) is 6.75. The lowest BCUT2D eigenvalue weighted by Gasteiger charge is -2.35. The number of rotatable bonds is 2. The van der Waals surface area contributed by atoms with Crippen LogP contribution in [0.4, 0.5) is 0 Å². The monoisotopic (exact) mass is 220 g/mol. The van der Waals surface area contributed by atoms with E-state index in [9.17, 15) is 0 Å². The van der Waals surface area contributed by atoms with Crippen molar-refractivity contribution in [2.75, 3.05) is 21.2 Å². The Labute approximate surface area is 97.2 Å². The van der Waals surface area contributed by atoms with Crippen molar-refractivity contribution in [1.29, 1.82) is 0 Å². The first kappa shape index (κ1) is 11.4. The normalized spacial score (nSPS) is 24.3. The summed E-state index contributed by atoms with van der Waals surface area (Å²) in [5.74, 6) is 0.897. The van der Waals surface area contributed by atoms with Gasteiger partial charge in [-0.05, 0) is 50.2 Å². The fraction of sp³-hybridized carbons (Fsp3) is 0.538. The highest BCUT2D eigenvalue weighted by molar-refractivity contribution is 5.40. The number of likely N-dealkylation sites (N-methyl/N-ethyl adjacent to an activating group) is 1. The van der Waals surface area contributed by atoms with Crippen molar-refractivity contribution in [1.82, 2.24) is 4.90 Å². The molecule has 0 radical (unpaired) electrons. The Kier molecular flexibility index (Phi) is 3.17. The number of aryl methyl sites for hydroxylation is 1. The predicted molar refractivity (Wildman–Crippen MR) is 65.7 cm³/mol. The number of ether oxygens (including phenoxy) is 1. The highest BCUT2D eigenvalue weighted by Crippen LogP contribution is 2.32. The molecular formula is C13H20N2O. The molecule has 2 N–H and O–H groups in total. The molecule has 0 heterocycles. The van der Waals surface area contributed by atoms with Gasteiger partial charge in [-0.15, -0.1) is 0 Å². The standard InChI is InChI=1S/C13H20N2O/c1-15(2)12-7-5-9-4-6-10(16-3)8-11(9)13(12)14/h4,6,8,12-13H,5,7,14H2,1-3H3. The molecule has 0 aliphatic heterocycles. The zero-order chi connectivity index (χ0) is 11.7. The summed E-state index contributed by atoms with van der Waals surface area (Å²) in [6.45, 7) is 0. The second-order valence-electron chi connectivity index (χ2n) is 4.66. The minimum Gasteiger partial charge on any atom is -0.497 e. The van der Waals surface area contributed by atoms with E-state index in [4.69, 9.17) is 10.5 Å². The van der Waals surface area contributed by atoms with Crippen LogP contribution >= 0.6 is 0 Å². The van der Waals surface area contributed by atoms with Gasteiger partial charge in [0.2, 0.25) is 0 Å². The summed E-state index contributed by atoms with van der Waals surface area (Å²) < 4.78 is 5.26. The minimum absolute atomic E-state index is 0.0915. The third-order valence-electron chi connectivity index (χ3n) is 3.50. The van der Waals surface area contributed by atoms with Crippen molar-refractivity contribution >= 4 is 0 Å². The summed E-state index contributed by atoms with van der Waals surface area (Å²) in [6.07, 6.45) is 2.24. The Morgan fingerprint density at radius 3 is 2.75 bits per heavy atom. The van der Waals surface area contributed by atoms with E-state index in [2.05, 4.69) is 31.1 Å². The zero-order valence-corrected chi connectivity index (χ0v) is 10.2. The maximum Gasteiger partial charge on any atom is 0.119 e. The molecule has 2 atom stereocenters. The Bertz CT molecular complexity index is 376. The van der Waals surface area contributed by atoms with Crippen LogP contribution in [-0.2, 0) is 6.42 Å². The van der Waals surface area contributed by atoms with Crippen LogP contribution < -0.4 is 10.5 Å². The Hall–Kier alpha value is -1.06. The number of hydrogen-bond donors (Lipinski definition) is 1. The van der Waals surface area contributed by atoms with Crippen LogP contribution in [0.25, 0.3) is 0 Å². The SMILES string of the molecule is COc1ccc2c(c1)C(N)C(N(C)C)CC2. The maximum atomic E-state index is 6.32. The average molecular weight is 220 g/mol. The van der Waals surface area contributed by atoms with E-state index in [1.165, 1.54) is 11.1 Å². The third kappa shape index (κ3) is 1.93. The summed E-state index contributed by atoms with van der Waals surface area (Å²) in [4.78, 5) is 2.22. The van der Waals surface area contributed by atoms with Crippen molar-refractivity contribution < 1.29 is 4.74 Å². The predicted octanol–water partition coefficient (Wildman–Crippen LogP) is 1.57. The summed E-state index contributed by atoms with van der Waals surface area (Å²) in [5.41, 5.74) is 8.93. The number of methoxy groups -OCH3 is 1. The van der Waals surface area contributed by atoms with Crippen molar-refractivity contribution in [3.05, 3.63) is 29.3 Å². The molecule has 16 heavy (non-hydrogen) atoms. The summed E-state index contributed by atoms with van der Waals surface area (Å²) in [5, 5.41) is 0. The van der Waals surface area contributed by atoms with Crippen molar-refractivity contribution in [3.63, 3.8) is 0 Å². The van der Waals surface area contributed by atoms with Gasteiger partial charge in [-0.25, -0.2) is 0 Å². The fourth-order valence-electron chi connectivity index (χ4n) is 2.51. The molecule has 1 aliphatic carbocycles. The van der Waals surface area contributed by atoms with E-state index >= 15 is 0 Å². The molecule has 2 rings (SSSR count). The van der Waals surface area contributed by atoms with Crippen LogP contribution in [0, 0.1) is 0 Å². The first-order valence-electron chi connectivity index (χ1n) is 5.72. The van der Waals surface area contributed by atoms with Crippen LogP contribution in [0.1, 0.15) is 23.6 Å². The van der Waals surface area contributed by atoms with Crippen molar-refractivity contribution in [2.24, 2.45) is 5.73 Å². The zero-order valence-electron chi connectivity index (χ0n) is 10.2. The second-order valence-corrected chi connectivity index (χ2v) is 4.66. The molecule has 0 spiro atoms. The molecule has 1 aliphatic rings. The van der Waals surface area contributed by atoms with E-state index in [1.807, 2.05) is 6.07 Å². The Morgan fingerprint density at radius 2 is 2.12 bits per heavy atom. The molecule has 1 aromatic carbocycles. The summed E-state index contributed by atoms with van der Waals surface area (Å²) in [7, 11) is 5.88. The highest BCUT2D eigenvalue weighted by Gasteiger charge is 2.28. The maximum absolute atomic E-state index is 6.32. The minimum atomic E-state index is 0.0915. The van der Waals surface area contributed by atoms with Gasteiger partial charge in [0.1, 0.15) is 5.75 Å². The molecule has 0 saturated heterocycles. The average Bonchev–Trinajstić information content (AvgIpc) is 2.28. The van der Waals surface area contributed by atoms with Crippen LogP contribution in [0.3, 0.4) is 0 Å². The quantitative estimate of drug-likeness (QED) is 0.822.